The molecule has 1 aliphatic rings. The van der Waals surface area contributed by atoms with E-state index < -0.39 is 0 Å². The van der Waals surface area contributed by atoms with Crippen molar-refractivity contribution in [1.29, 1.82) is 0 Å². The van der Waals surface area contributed by atoms with Crippen LogP contribution in [0.3, 0.4) is 0 Å². The minimum absolute atomic E-state index is 0.00350. The number of aromatic nitrogens is 1. The van der Waals surface area contributed by atoms with Crippen molar-refractivity contribution in [3.63, 3.8) is 0 Å². The molecule has 1 fully saturated rings. The predicted octanol–water partition coefficient (Wildman–Crippen LogP) is 4.00. The van der Waals surface area contributed by atoms with Crippen LogP contribution >= 0.6 is 0 Å². The number of anilines is 2. The van der Waals surface area contributed by atoms with Crippen molar-refractivity contribution >= 4 is 33.7 Å². The third kappa shape index (κ3) is 3.51. The lowest BCUT2D eigenvalue weighted by Gasteiger charge is -2.34. The van der Waals surface area contributed by atoms with Crippen LogP contribution in [0.1, 0.15) is 12.8 Å². The highest BCUT2D eigenvalue weighted by molar-refractivity contribution is 6.00. The maximum Gasteiger partial charge on any atom is 0.278 e. The molecule has 1 N–H and O–H groups in total. The quantitative estimate of drug-likeness (QED) is 0.549. The molecule has 1 aromatic heterocycles. The standard InChI is InChI=1S/C21H20N4O3/c26-21(23-16-6-2-1-3-7-16)15-5-4-12-24(14-15)19-8-9-20(25(27)28)18-13-22-11-10-17(18)19/h1-3,6-11,13,15H,4-5,12,14H2,(H,23,26)/t15-/m0/s1. The summed E-state index contributed by atoms with van der Waals surface area (Å²) in [5.41, 5.74) is 1.74. The maximum absolute atomic E-state index is 12.7. The number of hydrogen-bond donors (Lipinski definition) is 1. The third-order valence-electron chi connectivity index (χ3n) is 5.14. The van der Waals surface area contributed by atoms with Gasteiger partial charge in [0.15, 0.2) is 0 Å². The van der Waals surface area contributed by atoms with Crippen molar-refractivity contribution in [2.45, 2.75) is 12.8 Å². The summed E-state index contributed by atoms with van der Waals surface area (Å²) >= 11 is 0. The van der Waals surface area contributed by atoms with Gasteiger partial charge in [0.1, 0.15) is 0 Å². The van der Waals surface area contributed by atoms with Crippen molar-refractivity contribution < 1.29 is 9.72 Å². The predicted molar refractivity (Wildman–Crippen MR) is 108 cm³/mol. The zero-order valence-electron chi connectivity index (χ0n) is 15.2. The molecule has 0 bridgehead atoms. The van der Waals surface area contributed by atoms with Crippen LogP contribution in [0.15, 0.2) is 60.9 Å². The van der Waals surface area contributed by atoms with Gasteiger partial charge < -0.3 is 10.2 Å². The number of carbonyl (C=O) groups is 1. The number of piperidine rings is 1. The summed E-state index contributed by atoms with van der Waals surface area (Å²) in [5.74, 6) is -0.134. The molecule has 0 saturated carbocycles. The number of hydrogen-bond acceptors (Lipinski definition) is 5. The molecule has 4 rings (SSSR count). The third-order valence-corrected chi connectivity index (χ3v) is 5.14. The number of rotatable bonds is 4. The number of amides is 1. The van der Waals surface area contributed by atoms with Crippen molar-refractivity contribution in [3.8, 4) is 0 Å². The molecule has 2 aromatic carbocycles. The zero-order chi connectivity index (χ0) is 19.5. The molecule has 1 aliphatic heterocycles. The van der Waals surface area contributed by atoms with Crippen LogP contribution in [0, 0.1) is 16.0 Å². The highest BCUT2D eigenvalue weighted by atomic mass is 16.6. The number of carbonyl (C=O) groups excluding carboxylic acids is 1. The summed E-state index contributed by atoms with van der Waals surface area (Å²) < 4.78 is 0. The largest absolute Gasteiger partial charge is 0.370 e. The van der Waals surface area contributed by atoms with Crippen LogP contribution < -0.4 is 10.2 Å². The molecule has 0 radical (unpaired) electrons. The summed E-state index contributed by atoms with van der Waals surface area (Å²) in [6.07, 6.45) is 4.87. The first-order valence-electron chi connectivity index (χ1n) is 9.25. The second-order valence-electron chi connectivity index (χ2n) is 6.92. The van der Waals surface area contributed by atoms with E-state index in [9.17, 15) is 14.9 Å². The molecule has 0 aliphatic carbocycles. The number of nitrogens with zero attached hydrogens (tertiary/aromatic N) is 3. The molecular weight excluding hydrogens is 356 g/mol. The minimum atomic E-state index is -0.389. The van der Waals surface area contributed by atoms with Gasteiger partial charge in [-0.25, -0.2) is 0 Å². The fourth-order valence-corrected chi connectivity index (χ4v) is 3.77. The fraction of sp³-hybridized carbons (Fsp3) is 0.238. The lowest BCUT2D eigenvalue weighted by Crippen LogP contribution is -2.40. The van der Waals surface area contributed by atoms with E-state index in [1.807, 2.05) is 30.3 Å². The van der Waals surface area contributed by atoms with E-state index in [2.05, 4.69) is 15.2 Å². The van der Waals surface area contributed by atoms with Gasteiger partial charge in [-0.2, -0.15) is 0 Å². The molecule has 7 nitrogen and oxygen atoms in total. The van der Waals surface area contributed by atoms with Crippen LogP contribution in [-0.2, 0) is 4.79 Å². The van der Waals surface area contributed by atoms with E-state index in [0.29, 0.717) is 11.9 Å². The molecule has 0 unspecified atom stereocenters. The van der Waals surface area contributed by atoms with Gasteiger partial charge in [-0.3, -0.25) is 19.9 Å². The van der Waals surface area contributed by atoms with Gasteiger partial charge in [0.05, 0.1) is 16.2 Å². The Bertz CT molecular complexity index is 1020. The number of nitro groups is 1. The van der Waals surface area contributed by atoms with E-state index in [4.69, 9.17) is 0 Å². The Hall–Kier alpha value is -3.48. The number of non-ortho nitro benzene ring substituents is 1. The number of nitrogens with one attached hydrogen (secondary N) is 1. The van der Waals surface area contributed by atoms with Gasteiger partial charge in [0.25, 0.3) is 5.69 Å². The second kappa shape index (κ2) is 7.64. The number of para-hydroxylation sites is 1. The summed E-state index contributed by atoms with van der Waals surface area (Å²) in [6, 6.07) is 14.5. The number of benzene rings is 2. The first-order chi connectivity index (χ1) is 13.6. The number of nitro benzene ring substituents is 1. The second-order valence-corrected chi connectivity index (χ2v) is 6.92. The summed E-state index contributed by atoms with van der Waals surface area (Å²) in [5, 5.41) is 15.6. The van der Waals surface area contributed by atoms with E-state index in [0.717, 1.165) is 36.1 Å². The van der Waals surface area contributed by atoms with Crippen LogP contribution in [-0.4, -0.2) is 28.9 Å². The molecular formula is C21H20N4O3. The SMILES string of the molecule is O=C(Nc1ccccc1)[C@H]1CCCN(c2ccc([N+](=O)[O-])c3cnccc23)C1. The Kier molecular flexibility index (Phi) is 4.89. The Balaban J connectivity index is 1.59. The first-order valence-corrected chi connectivity index (χ1v) is 9.25. The molecule has 1 atom stereocenters. The normalized spacial score (nSPS) is 16.7. The molecule has 28 heavy (non-hydrogen) atoms. The van der Waals surface area contributed by atoms with E-state index in [1.54, 1.807) is 18.3 Å². The van der Waals surface area contributed by atoms with Crippen LogP contribution in [0.2, 0.25) is 0 Å². The van der Waals surface area contributed by atoms with Gasteiger partial charge in [-0.15, -0.1) is 0 Å². The number of fused-ring (bicyclic) bond motifs is 1. The molecule has 1 saturated heterocycles. The number of pyridine rings is 1. The van der Waals surface area contributed by atoms with Gasteiger partial charge in [-0.05, 0) is 37.1 Å². The van der Waals surface area contributed by atoms with Gasteiger partial charge in [0.2, 0.25) is 5.91 Å². The molecule has 1 amide bonds. The van der Waals surface area contributed by atoms with Crippen molar-refractivity contribution in [3.05, 3.63) is 71.0 Å². The molecule has 2 heterocycles. The summed E-state index contributed by atoms with van der Waals surface area (Å²) in [4.78, 5) is 29.8. The lowest BCUT2D eigenvalue weighted by atomic mass is 9.95. The Morgan fingerprint density at radius 2 is 1.96 bits per heavy atom. The summed E-state index contributed by atoms with van der Waals surface area (Å²) in [7, 11) is 0. The highest BCUT2D eigenvalue weighted by Gasteiger charge is 2.27. The molecule has 142 valence electrons. The average Bonchev–Trinajstić information content (AvgIpc) is 2.73. The Morgan fingerprint density at radius 1 is 1.14 bits per heavy atom. The molecule has 7 heteroatoms. The molecule has 3 aromatic rings. The van der Waals surface area contributed by atoms with Crippen LogP contribution in [0.4, 0.5) is 17.1 Å². The monoisotopic (exact) mass is 376 g/mol. The van der Waals surface area contributed by atoms with Crippen molar-refractivity contribution in [2.24, 2.45) is 5.92 Å². The Labute approximate surface area is 162 Å². The first kappa shape index (κ1) is 17.9. The maximum atomic E-state index is 12.7. The Morgan fingerprint density at radius 3 is 2.75 bits per heavy atom. The smallest absolute Gasteiger partial charge is 0.278 e. The molecule has 0 spiro atoms. The minimum Gasteiger partial charge on any atom is -0.370 e. The highest BCUT2D eigenvalue weighted by Crippen LogP contribution is 2.35. The van der Waals surface area contributed by atoms with E-state index in [1.165, 1.54) is 12.3 Å². The lowest BCUT2D eigenvalue weighted by molar-refractivity contribution is -0.383. The average molecular weight is 376 g/mol. The van der Waals surface area contributed by atoms with Crippen LogP contribution in [0.5, 0.6) is 0 Å². The van der Waals surface area contributed by atoms with E-state index in [-0.39, 0.29) is 22.4 Å². The van der Waals surface area contributed by atoms with Gasteiger partial charge in [-0.1, -0.05) is 18.2 Å². The van der Waals surface area contributed by atoms with Crippen LogP contribution in [0.25, 0.3) is 10.8 Å². The summed E-state index contributed by atoms with van der Waals surface area (Å²) in [6.45, 7) is 1.39. The zero-order valence-corrected chi connectivity index (χ0v) is 15.2. The van der Waals surface area contributed by atoms with Gasteiger partial charge >= 0.3 is 0 Å². The van der Waals surface area contributed by atoms with Crippen molar-refractivity contribution in [2.75, 3.05) is 23.3 Å². The van der Waals surface area contributed by atoms with Crippen molar-refractivity contribution in [1.82, 2.24) is 4.98 Å². The topological polar surface area (TPSA) is 88.4 Å². The van der Waals surface area contributed by atoms with Gasteiger partial charge in [0, 0.05) is 48.3 Å². The van der Waals surface area contributed by atoms with E-state index >= 15 is 0 Å². The fourth-order valence-electron chi connectivity index (χ4n) is 3.77.